The van der Waals surface area contributed by atoms with Gasteiger partial charge in [-0.05, 0) is 30.3 Å². The van der Waals surface area contributed by atoms with Crippen molar-refractivity contribution >= 4 is 5.97 Å². The molecule has 2 atom stereocenters. The molecule has 0 spiro atoms. The second-order valence-electron chi connectivity index (χ2n) is 5.39. The number of nitroso groups, excluding NO2 is 1. The summed E-state index contributed by atoms with van der Waals surface area (Å²) in [6.45, 7) is 0.147. The highest BCUT2D eigenvalue weighted by Crippen LogP contribution is 2.38. The Balaban J connectivity index is 1.60. The number of hydrogen-bond donors (Lipinski definition) is 2. The highest BCUT2D eigenvalue weighted by Gasteiger charge is 2.45. The van der Waals surface area contributed by atoms with Gasteiger partial charge >= 0.3 is 18.4 Å². The van der Waals surface area contributed by atoms with E-state index in [1.54, 1.807) is 30.3 Å². The van der Waals surface area contributed by atoms with Gasteiger partial charge in [0.15, 0.2) is 11.5 Å². The van der Waals surface area contributed by atoms with Crippen LogP contribution in [0.4, 0.5) is 0 Å². The highest BCUT2D eigenvalue weighted by molar-refractivity contribution is 5.87. The molecule has 8 heteroatoms. The average Bonchev–Trinajstić information content (AvgIpc) is 3.20. The maximum absolute atomic E-state index is 12.6. The number of fused-ring (bicyclic) bond motifs is 1. The lowest BCUT2D eigenvalue weighted by molar-refractivity contribution is -0.630. The van der Waals surface area contributed by atoms with E-state index in [9.17, 15) is 9.70 Å². The van der Waals surface area contributed by atoms with E-state index in [1.807, 2.05) is 0 Å². The molecule has 0 saturated carbocycles. The maximum Gasteiger partial charge on any atom is 0.349 e. The van der Waals surface area contributed by atoms with Gasteiger partial charge in [-0.1, -0.05) is 12.1 Å². The van der Waals surface area contributed by atoms with Crippen LogP contribution in [0.25, 0.3) is 0 Å². The summed E-state index contributed by atoms with van der Waals surface area (Å²) in [5.74, 6) is 0.120. The minimum atomic E-state index is -1.06. The number of nitrogens with one attached hydrogen (secondary N) is 1. The number of hydroxylamine groups is 1. The van der Waals surface area contributed by atoms with Crippen molar-refractivity contribution in [1.82, 2.24) is 5.48 Å². The molecule has 0 aliphatic carbocycles. The van der Waals surface area contributed by atoms with Crippen LogP contribution in [0.5, 0.6) is 11.5 Å². The third-order valence-electron chi connectivity index (χ3n) is 3.91. The number of carbonyl (C=O) groups is 1. The zero-order chi connectivity index (χ0) is 16.7. The van der Waals surface area contributed by atoms with Crippen LogP contribution >= 0.6 is 0 Å². The van der Waals surface area contributed by atoms with Crippen molar-refractivity contribution in [3.8, 4) is 11.5 Å². The SMILES string of the molecule is O=C(O)c1cccc(C2NOC(c3ccc4c(c3)OCO4)[N+]2=O)c1. The normalized spacial score (nSPS) is 21.9. The van der Waals surface area contributed by atoms with Gasteiger partial charge in [0, 0.05) is 10.5 Å². The van der Waals surface area contributed by atoms with Gasteiger partial charge in [0.25, 0.3) is 0 Å². The van der Waals surface area contributed by atoms with E-state index >= 15 is 0 Å². The van der Waals surface area contributed by atoms with Crippen LogP contribution in [0.2, 0.25) is 0 Å². The Kier molecular flexibility index (Phi) is 3.40. The highest BCUT2D eigenvalue weighted by atomic mass is 16.7. The summed E-state index contributed by atoms with van der Waals surface area (Å²) in [6.07, 6.45) is -1.68. The van der Waals surface area contributed by atoms with Crippen molar-refractivity contribution in [3.05, 3.63) is 64.1 Å². The average molecular weight is 329 g/mol. The number of nitrogens with zero attached hydrogens (tertiary/aromatic N) is 1. The van der Waals surface area contributed by atoms with Crippen LogP contribution in [0, 0.1) is 4.91 Å². The summed E-state index contributed by atoms with van der Waals surface area (Å²) >= 11 is 0. The number of hydrogen-bond acceptors (Lipinski definition) is 6. The quantitative estimate of drug-likeness (QED) is 0.833. The molecule has 122 valence electrons. The number of rotatable bonds is 3. The summed E-state index contributed by atoms with van der Waals surface area (Å²) < 4.78 is 11.3. The van der Waals surface area contributed by atoms with Gasteiger partial charge in [0.2, 0.25) is 6.79 Å². The van der Waals surface area contributed by atoms with E-state index < -0.39 is 18.4 Å². The van der Waals surface area contributed by atoms with Crippen molar-refractivity contribution in [2.24, 2.45) is 0 Å². The van der Waals surface area contributed by atoms with Gasteiger partial charge in [-0.15, -0.1) is 5.48 Å². The van der Waals surface area contributed by atoms with Crippen LogP contribution in [0.3, 0.4) is 0 Å². The summed E-state index contributed by atoms with van der Waals surface area (Å²) in [7, 11) is 0. The predicted molar refractivity (Wildman–Crippen MR) is 79.3 cm³/mol. The summed E-state index contributed by atoms with van der Waals surface area (Å²) in [4.78, 5) is 29.1. The molecular formula is C16H13N2O6+. The molecule has 1 saturated heterocycles. The van der Waals surface area contributed by atoms with E-state index in [1.165, 1.54) is 12.1 Å². The van der Waals surface area contributed by atoms with Gasteiger partial charge in [-0.2, -0.15) is 0 Å². The third kappa shape index (κ3) is 2.38. The number of carboxylic acids is 1. The molecule has 0 radical (unpaired) electrons. The van der Waals surface area contributed by atoms with Gasteiger partial charge in [-0.3, -0.25) is 0 Å². The van der Waals surface area contributed by atoms with Crippen LogP contribution in [-0.4, -0.2) is 22.6 Å². The first kappa shape index (κ1) is 14.6. The Bertz CT molecular complexity index is 837. The first-order chi connectivity index (χ1) is 11.6. The van der Waals surface area contributed by atoms with Crippen LogP contribution < -0.4 is 15.0 Å². The molecule has 2 aromatic carbocycles. The summed E-state index contributed by atoms with van der Waals surface area (Å²) in [5.41, 5.74) is 3.88. The zero-order valence-corrected chi connectivity index (χ0v) is 12.3. The lowest BCUT2D eigenvalue weighted by Crippen LogP contribution is -2.18. The third-order valence-corrected chi connectivity index (χ3v) is 3.91. The van der Waals surface area contributed by atoms with E-state index in [4.69, 9.17) is 19.4 Å². The van der Waals surface area contributed by atoms with Crippen LogP contribution in [0.15, 0.2) is 42.5 Å². The fourth-order valence-electron chi connectivity index (χ4n) is 2.71. The standard InChI is InChI=1S/C16H12N2O6/c19-16(20)11-3-1-2-9(6-11)14-17-24-15(18(14)21)10-4-5-12-13(7-10)23-8-22-12/h1-7,14-15,17H,8H2/p+1. The first-order valence-corrected chi connectivity index (χ1v) is 7.23. The minimum Gasteiger partial charge on any atom is -0.478 e. The van der Waals surface area contributed by atoms with E-state index in [-0.39, 0.29) is 12.4 Å². The topological polar surface area (TPSA) is 97.1 Å². The van der Waals surface area contributed by atoms with Crippen molar-refractivity contribution in [1.29, 1.82) is 0 Å². The molecule has 8 nitrogen and oxygen atoms in total. The second kappa shape index (κ2) is 5.59. The molecular weight excluding hydrogens is 316 g/mol. The molecule has 4 rings (SSSR count). The van der Waals surface area contributed by atoms with Gasteiger partial charge in [-0.25, -0.2) is 9.63 Å². The lowest BCUT2D eigenvalue weighted by atomic mass is 10.1. The lowest BCUT2D eigenvalue weighted by Gasteiger charge is -2.04. The summed E-state index contributed by atoms with van der Waals surface area (Å²) in [5, 5.41) is 9.07. The van der Waals surface area contributed by atoms with Crippen LogP contribution in [-0.2, 0) is 4.84 Å². The molecule has 0 amide bonds. The Hall–Kier alpha value is -2.97. The molecule has 0 bridgehead atoms. The molecule has 2 unspecified atom stereocenters. The largest absolute Gasteiger partial charge is 0.478 e. The molecule has 2 aromatic rings. The number of ether oxygens (including phenoxy) is 2. The van der Waals surface area contributed by atoms with Crippen LogP contribution in [0.1, 0.15) is 33.9 Å². The van der Waals surface area contributed by atoms with E-state index in [0.717, 1.165) is 4.76 Å². The number of benzene rings is 2. The Labute approximate surface area is 136 Å². The molecule has 24 heavy (non-hydrogen) atoms. The van der Waals surface area contributed by atoms with E-state index in [0.29, 0.717) is 22.6 Å². The second-order valence-corrected chi connectivity index (χ2v) is 5.39. The molecule has 2 aliphatic rings. The van der Waals surface area contributed by atoms with E-state index in [2.05, 4.69) is 5.48 Å². The van der Waals surface area contributed by atoms with Crippen molar-refractivity contribution in [2.75, 3.05) is 6.79 Å². The molecule has 0 aromatic heterocycles. The molecule has 2 aliphatic heterocycles. The predicted octanol–water partition coefficient (Wildman–Crippen LogP) is 2.12. The van der Waals surface area contributed by atoms with Gasteiger partial charge < -0.3 is 14.6 Å². The first-order valence-electron chi connectivity index (χ1n) is 7.23. The van der Waals surface area contributed by atoms with Crippen molar-refractivity contribution in [3.63, 3.8) is 0 Å². The molecule has 2 N–H and O–H groups in total. The monoisotopic (exact) mass is 329 g/mol. The number of aromatic carboxylic acids is 1. The minimum absolute atomic E-state index is 0.106. The maximum atomic E-state index is 12.6. The zero-order valence-electron chi connectivity index (χ0n) is 12.3. The number of carboxylic acid groups (broad SMARTS) is 1. The fraction of sp³-hybridized carbons (Fsp3) is 0.188. The van der Waals surface area contributed by atoms with Crippen molar-refractivity contribution < 1.29 is 29.0 Å². The Morgan fingerprint density at radius 2 is 1.96 bits per heavy atom. The fourth-order valence-corrected chi connectivity index (χ4v) is 2.71. The van der Waals surface area contributed by atoms with Crippen molar-refractivity contribution in [2.45, 2.75) is 12.4 Å². The summed E-state index contributed by atoms with van der Waals surface area (Å²) in [6, 6.07) is 11.3. The Morgan fingerprint density at radius 3 is 2.79 bits per heavy atom. The molecule has 1 fully saturated rings. The Morgan fingerprint density at radius 1 is 1.12 bits per heavy atom. The van der Waals surface area contributed by atoms with Gasteiger partial charge in [0.1, 0.15) is 0 Å². The smallest absolute Gasteiger partial charge is 0.349 e. The van der Waals surface area contributed by atoms with Gasteiger partial charge in [0.05, 0.1) is 15.9 Å². The molecule has 2 heterocycles.